The van der Waals surface area contributed by atoms with Gasteiger partial charge in [0, 0.05) is 13.1 Å². The largest absolute Gasteiger partial charge is 0.218 e. The summed E-state index contributed by atoms with van der Waals surface area (Å²) in [4.78, 5) is 0. The number of sulfonamides is 1. The molecule has 1 aromatic carbocycles. The van der Waals surface area contributed by atoms with Crippen molar-refractivity contribution in [2.75, 3.05) is 13.1 Å². The van der Waals surface area contributed by atoms with E-state index in [9.17, 15) is 8.42 Å². The van der Waals surface area contributed by atoms with Gasteiger partial charge < -0.3 is 0 Å². The minimum absolute atomic E-state index is 0.0861. The first-order valence-corrected chi connectivity index (χ1v) is 8.41. The molecule has 1 fully saturated rings. The van der Waals surface area contributed by atoms with Crippen molar-refractivity contribution in [1.82, 2.24) is 4.31 Å². The van der Waals surface area contributed by atoms with Crippen LogP contribution in [0.4, 0.5) is 0 Å². The summed E-state index contributed by atoms with van der Waals surface area (Å²) in [6.45, 7) is 5.48. The van der Waals surface area contributed by atoms with Crippen LogP contribution in [0.1, 0.15) is 37.8 Å². The fourth-order valence-corrected chi connectivity index (χ4v) is 3.98. The molecule has 5 heteroatoms. The van der Waals surface area contributed by atoms with Gasteiger partial charge in [-0.2, -0.15) is 5.26 Å². The molecule has 1 aromatic rings. The van der Waals surface area contributed by atoms with E-state index >= 15 is 0 Å². The zero-order valence-corrected chi connectivity index (χ0v) is 12.8. The predicted molar refractivity (Wildman–Crippen MR) is 78.4 cm³/mol. The van der Waals surface area contributed by atoms with Crippen molar-refractivity contribution < 1.29 is 8.42 Å². The Kier molecular flexibility index (Phi) is 4.17. The van der Waals surface area contributed by atoms with Crippen LogP contribution >= 0.6 is 0 Å². The van der Waals surface area contributed by atoms with E-state index in [2.05, 4.69) is 19.9 Å². The normalized spacial score (nSPS) is 19.4. The molecule has 0 N–H and O–H groups in total. The summed E-state index contributed by atoms with van der Waals surface area (Å²) >= 11 is 0. The highest BCUT2D eigenvalue weighted by molar-refractivity contribution is 7.88. The number of piperidine rings is 1. The van der Waals surface area contributed by atoms with Gasteiger partial charge in [-0.3, -0.25) is 0 Å². The van der Waals surface area contributed by atoms with Gasteiger partial charge in [-0.15, -0.1) is 0 Å². The molecule has 0 spiro atoms. The van der Waals surface area contributed by atoms with Crippen molar-refractivity contribution in [1.29, 1.82) is 5.26 Å². The second kappa shape index (κ2) is 5.55. The maximum Gasteiger partial charge on any atom is 0.218 e. The maximum absolute atomic E-state index is 12.5. The molecule has 0 aliphatic carbocycles. The minimum Gasteiger partial charge on any atom is -0.212 e. The van der Waals surface area contributed by atoms with E-state index in [1.807, 2.05) is 0 Å². The van der Waals surface area contributed by atoms with Crippen molar-refractivity contribution in [3.63, 3.8) is 0 Å². The van der Waals surface area contributed by atoms with Crippen LogP contribution in [0.2, 0.25) is 0 Å². The van der Waals surface area contributed by atoms with Gasteiger partial charge in [-0.05, 0) is 29.9 Å². The molecule has 1 saturated heterocycles. The Morgan fingerprint density at radius 1 is 1.25 bits per heavy atom. The second-order valence-corrected chi connectivity index (χ2v) is 8.06. The molecule has 0 aromatic heterocycles. The van der Waals surface area contributed by atoms with Crippen LogP contribution in [0.25, 0.3) is 0 Å². The van der Waals surface area contributed by atoms with E-state index < -0.39 is 10.0 Å². The molecule has 108 valence electrons. The lowest BCUT2D eigenvalue weighted by atomic mass is 9.83. The van der Waals surface area contributed by atoms with E-state index in [-0.39, 0.29) is 11.2 Å². The van der Waals surface area contributed by atoms with Crippen LogP contribution in [0, 0.1) is 16.7 Å². The number of benzene rings is 1. The summed E-state index contributed by atoms with van der Waals surface area (Å²) in [6.07, 6.45) is 1.76. The highest BCUT2D eigenvalue weighted by Gasteiger charge is 2.32. The molecule has 0 amide bonds. The Morgan fingerprint density at radius 2 is 1.85 bits per heavy atom. The van der Waals surface area contributed by atoms with E-state index in [1.54, 1.807) is 28.6 Å². The standard InChI is InChI=1S/C15H20N2O2S/c1-15(2)7-9-17(10-8-15)20(18,19)12-14-6-4-3-5-13(14)11-16/h3-6H,7-10,12H2,1-2H3. The van der Waals surface area contributed by atoms with Gasteiger partial charge in [0.05, 0.1) is 17.4 Å². The lowest BCUT2D eigenvalue weighted by molar-refractivity contribution is 0.195. The van der Waals surface area contributed by atoms with Crippen LogP contribution in [0.3, 0.4) is 0 Å². The Balaban J connectivity index is 2.15. The van der Waals surface area contributed by atoms with E-state index in [1.165, 1.54) is 0 Å². The highest BCUT2D eigenvalue weighted by Crippen LogP contribution is 2.31. The molecule has 1 aliphatic heterocycles. The lowest BCUT2D eigenvalue weighted by Crippen LogP contribution is -2.41. The topological polar surface area (TPSA) is 61.2 Å². The van der Waals surface area contributed by atoms with Gasteiger partial charge in [0.1, 0.15) is 0 Å². The molecule has 0 bridgehead atoms. The molecule has 0 unspecified atom stereocenters. The van der Waals surface area contributed by atoms with E-state index in [0.717, 1.165) is 12.8 Å². The van der Waals surface area contributed by atoms with Gasteiger partial charge in [0.2, 0.25) is 10.0 Å². The van der Waals surface area contributed by atoms with Gasteiger partial charge in [0.15, 0.2) is 0 Å². The Morgan fingerprint density at radius 3 is 2.45 bits per heavy atom. The van der Waals surface area contributed by atoms with E-state index in [4.69, 9.17) is 5.26 Å². The van der Waals surface area contributed by atoms with Crippen molar-refractivity contribution in [3.8, 4) is 6.07 Å². The average Bonchev–Trinajstić information content (AvgIpc) is 2.38. The number of rotatable bonds is 3. The lowest BCUT2D eigenvalue weighted by Gasteiger charge is -2.36. The fourth-order valence-electron chi connectivity index (χ4n) is 2.41. The van der Waals surface area contributed by atoms with Crippen LogP contribution < -0.4 is 0 Å². The third kappa shape index (κ3) is 3.38. The molecule has 0 atom stereocenters. The molecule has 1 aliphatic rings. The van der Waals surface area contributed by atoms with Crippen molar-refractivity contribution >= 4 is 10.0 Å². The highest BCUT2D eigenvalue weighted by atomic mass is 32.2. The van der Waals surface area contributed by atoms with E-state index in [0.29, 0.717) is 24.2 Å². The molecular weight excluding hydrogens is 272 g/mol. The van der Waals surface area contributed by atoms with Crippen LogP contribution in [0.15, 0.2) is 24.3 Å². The molecule has 1 heterocycles. The summed E-state index contributed by atoms with van der Waals surface area (Å²) in [5, 5.41) is 9.04. The van der Waals surface area contributed by atoms with Gasteiger partial charge in [0.25, 0.3) is 0 Å². The molecule has 2 rings (SSSR count). The van der Waals surface area contributed by atoms with Crippen LogP contribution in [-0.2, 0) is 15.8 Å². The number of hydrogen-bond acceptors (Lipinski definition) is 3. The quantitative estimate of drug-likeness (QED) is 0.860. The van der Waals surface area contributed by atoms with Gasteiger partial charge >= 0.3 is 0 Å². The first-order chi connectivity index (χ1) is 9.34. The van der Waals surface area contributed by atoms with Gasteiger partial charge in [-0.1, -0.05) is 32.0 Å². The predicted octanol–water partition coefficient (Wildman–Crippen LogP) is 2.51. The first-order valence-electron chi connectivity index (χ1n) is 6.80. The van der Waals surface area contributed by atoms with Crippen LogP contribution in [0.5, 0.6) is 0 Å². The Bertz CT molecular complexity index is 620. The number of hydrogen-bond donors (Lipinski definition) is 0. The average molecular weight is 292 g/mol. The zero-order chi connectivity index (χ0) is 14.8. The zero-order valence-electron chi connectivity index (χ0n) is 12.0. The SMILES string of the molecule is CC1(C)CCN(S(=O)(=O)Cc2ccccc2C#N)CC1. The molecule has 20 heavy (non-hydrogen) atoms. The van der Waals surface area contributed by atoms with Gasteiger partial charge in [-0.25, -0.2) is 12.7 Å². The van der Waals surface area contributed by atoms with Crippen molar-refractivity contribution in [2.24, 2.45) is 5.41 Å². The summed E-state index contributed by atoms with van der Waals surface area (Å²) in [7, 11) is -3.34. The molecule has 0 saturated carbocycles. The molecule has 0 radical (unpaired) electrons. The van der Waals surface area contributed by atoms with Crippen molar-refractivity contribution in [3.05, 3.63) is 35.4 Å². The minimum atomic E-state index is -3.34. The molecular formula is C15H20N2O2S. The summed E-state index contributed by atoms with van der Waals surface area (Å²) in [6, 6.07) is 8.94. The maximum atomic E-state index is 12.5. The molecule has 4 nitrogen and oxygen atoms in total. The third-order valence-corrected chi connectivity index (χ3v) is 5.77. The number of nitriles is 1. The fraction of sp³-hybridized carbons (Fsp3) is 0.533. The Hall–Kier alpha value is -1.38. The first kappa shape index (κ1) is 15.0. The Labute approximate surface area is 121 Å². The third-order valence-electron chi connectivity index (χ3n) is 3.95. The monoisotopic (exact) mass is 292 g/mol. The van der Waals surface area contributed by atoms with Crippen molar-refractivity contribution in [2.45, 2.75) is 32.4 Å². The smallest absolute Gasteiger partial charge is 0.212 e. The second-order valence-electron chi connectivity index (χ2n) is 6.09. The summed E-state index contributed by atoms with van der Waals surface area (Å²) in [5.74, 6) is -0.0861. The summed E-state index contributed by atoms with van der Waals surface area (Å²) < 4.78 is 26.5. The summed E-state index contributed by atoms with van der Waals surface area (Å²) in [5.41, 5.74) is 1.24. The van der Waals surface area contributed by atoms with Crippen LogP contribution in [-0.4, -0.2) is 25.8 Å². The number of nitrogens with zero attached hydrogens (tertiary/aromatic N) is 2.